The Kier molecular flexibility index (Phi) is 4.07. The summed E-state index contributed by atoms with van der Waals surface area (Å²) in [5, 5.41) is 7.83. The van der Waals surface area contributed by atoms with Crippen molar-refractivity contribution in [1.82, 2.24) is 19.7 Å². The van der Waals surface area contributed by atoms with Gasteiger partial charge < -0.3 is 5.32 Å². The lowest BCUT2D eigenvalue weighted by molar-refractivity contribution is -0.137. The average molecular weight is 401 g/mol. The predicted octanol–water partition coefficient (Wildman–Crippen LogP) is 4.43. The summed E-state index contributed by atoms with van der Waals surface area (Å²) >= 11 is 0. The number of fused-ring (bicyclic) bond motifs is 2. The highest BCUT2D eigenvalue weighted by atomic mass is 19.4. The number of nitrogens with zero attached hydrogens (tertiary/aromatic N) is 4. The van der Waals surface area contributed by atoms with Crippen molar-refractivity contribution in [1.29, 1.82) is 0 Å². The first kappa shape index (κ1) is 18.1. The van der Waals surface area contributed by atoms with Gasteiger partial charge in [0.1, 0.15) is 12.2 Å². The molecule has 1 aliphatic carbocycles. The number of hydrogen-bond donors (Lipinski definition) is 1. The first-order chi connectivity index (χ1) is 13.9. The highest BCUT2D eigenvalue weighted by Crippen LogP contribution is 2.42. The molecule has 1 aromatic carbocycles. The number of benzene rings is 1. The smallest absolute Gasteiger partial charge is 0.325 e. The van der Waals surface area contributed by atoms with E-state index < -0.39 is 23.6 Å². The zero-order valence-corrected chi connectivity index (χ0v) is 15.4. The molecule has 2 aliphatic rings. The third-order valence-electron chi connectivity index (χ3n) is 5.80. The van der Waals surface area contributed by atoms with Crippen molar-refractivity contribution in [3.63, 3.8) is 0 Å². The Morgan fingerprint density at radius 1 is 1.10 bits per heavy atom. The third-order valence-corrected chi connectivity index (χ3v) is 5.80. The quantitative estimate of drug-likeness (QED) is 0.689. The lowest BCUT2D eigenvalue weighted by atomic mass is 9.93. The van der Waals surface area contributed by atoms with E-state index in [2.05, 4.69) is 20.4 Å². The second kappa shape index (κ2) is 6.53. The Hall–Kier alpha value is -2.97. The molecule has 0 bridgehead atoms. The molecule has 1 saturated carbocycles. The number of aromatic nitrogens is 4. The number of hydrogen-bond acceptors (Lipinski definition) is 4. The summed E-state index contributed by atoms with van der Waals surface area (Å²) in [6.45, 7) is 0. The second-order valence-electron chi connectivity index (χ2n) is 7.62. The van der Waals surface area contributed by atoms with Crippen LogP contribution in [0.3, 0.4) is 0 Å². The molecule has 5 rings (SSSR count). The zero-order valence-electron chi connectivity index (χ0n) is 15.4. The Bertz CT molecular complexity index is 1100. The van der Waals surface area contributed by atoms with Gasteiger partial charge in [-0.05, 0) is 36.6 Å². The van der Waals surface area contributed by atoms with Gasteiger partial charge in [-0.25, -0.2) is 9.97 Å². The Morgan fingerprint density at radius 2 is 1.90 bits per heavy atom. The zero-order chi connectivity index (χ0) is 20.2. The summed E-state index contributed by atoms with van der Waals surface area (Å²) in [7, 11) is 0. The standard InChI is InChI=1S/C20H18F3N5O/c21-20(22,23)11-6-7-15-13(8-11)16(19(29)26-15)17-14-9-28(12-4-2-1-3-5-12)27-18(14)25-10-24-17/h6-10,12,16H,1-5H2,(H,26,29). The van der Waals surface area contributed by atoms with Gasteiger partial charge in [-0.15, -0.1) is 0 Å². The molecule has 1 aliphatic heterocycles. The molecule has 3 heterocycles. The van der Waals surface area contributed by atoms with E-state index in [9.17, 15) is 18.0 Å². The minimum atomic E-state index is -4.49. The van der Waals surface area contributed by atoms with Gasteiger partial charge >= 0.3 is 6.18 Å². The maximum atomic E-state index is 13.2. The highest BCUT2D eigenvalue weighted by molar-refractivity contribution is 6.06. The van der Waals surface area contributed by atoms with Crippen molar-refractivity contribution in [3.05, 3.63) is 47.5 Å². The van der Waals surface area contributed by atoms with Gasteiger partial charge in [0.15, 0.2) is 5.65 Å². The van der Waals surface area contributed by atoms with E-state index in [0.717, 1.165) is 37.8 Å². The third kappa shape index (κ3) is 3.04. The van der Waals surface area contributed by atoms with Crippen LogP contribution >= 0.6 is 0 Å². The summed E-state index contributed by atoms with van der Waals surface area (Å²) in [5.41, 5.74) is 0.692. The fraction of sp³-hybridized carbons (Fsp3) is 0.400. The summed E-state index contributed by atoms with van der Waals surface area (Å²) in [6, 6.07) is 3.56. The molecule has 2 aromatic heterocycles. The average Bonchev–Trinajstić information content (AvgIpc) is 3.27. The van der Waals surface area contributed by atoms with E-state index in [-0.39, 0.29) is 11.6 Å². The van der Waals surface area contributed by atoms with Crippen LogP contribution in [-0.2, 0) is 11.0 Å². The van der Waals surface area contributed by atoms with E-state index in [1.165, 1.54) is 18.8 Å². The second-order valence-corrected chi connectivity index (χ2v) is 7.62. The topological polar surface area (TPSA) is 72.7 Å². The van der Waals surface area contributed by atoms with Gasteiger partial charge in [-0.1, -0.05) is 19.3 Å². The molecule has 9 heteroatoms. The molecule has 1 atom stereocenters. The van der Waals surface area contributed by atoms with Crippen LogP contribution in [0.25, 0.3) is 11.0 Å². The Labute approximate surface area is 164 Å². The summed E-state index contributed by atoms with van der Waals surface area (Å²) in [6.07, 6.45) is 4.20. The van der Waals surface area contributed by atoms with Crippen LogP contribution in [0.1, 0.15) is 60.9 Å². The SMILES string of the molecule is O=C1Nc2ccc(C(F)(F)F)cc2C1c1ncnc2nn(C3CCCCC3)cc12. The van der Waals surface area contributed by atoms with E-state index in [4.69, 9.17) is 0 Å². The van der Waals surface area contributed by atoms with E-state index in [1.807, 2.05) is 10.9 Å². The predicted molar refractivity (Wildman–Crippen MR) is 99.4 cm³/mol. The van der Waals surface area contributed by atoms with Crippen LogP contribution < -0.4 is 5.32 Å². The lowest BCUT2D eigenvalue weighted by Gasteiger charge is -2.21. The first-order valence-electron chi connectivity index (χ1n) is 9.63. The fourth-order valence-corrected chi connectivity index (χ4v) is 4.35. The Morgan fingerprint density at radius 3 is 2.66 bits per heavy atom. The van der Waals surface area contributed by atoms with Gasteiger partial charge in [0.2, 0.25) is 5.91 Å². The van der Waals surface area contributed by atoms with Crippen molar-refractivity contribution in [2.75, 3.05) is 5.32 Å². The number of amides is 1. The number of rotatable bonds is 2. The van der Waals surface area contributed by atoms with Crippen molar-refractivity contribution in [2.24, 2.45) is 0 Å². The summed E-state index contributed by atoms with van der Waals surface area (Å²) in [5.74, 6) is -1.33. The number of halogens is 3. The van der Waals surface area contributed by atoms with Crippen molar-refractivity contribution in [2.45, 2.75) is 50.2 Å². The normalized spacial score (nSPS) is 20.1. The van der Waals surface area contributed by atoms with Crippen LogP contribution in [0.5, 0.6) is 0 Å². The molecular weight excluding hydrogens is 383 g/mol. The summed E-state index contributed by atoms with van der Waals surface area (Å²) in [4.78, 5) is 21.2. The molecule has 1 fully saturated rings. The maximum absolute atomic E-state index is 13.2. The lowest BCUT2D eigenvalue weighted by Crippen LogP contribution is -2.15. The molecule has 1 N–H and O–H groups in total. The molecule has 29 heavy (non-hydrogen) atoms. The largest absolute Gasteiger partial charge is 0.416 e. The van der Waals surface area contributed by atoms with Crippen LogP contribution in [-0.4, -0.2) is 25.7 Å². The molecule has 0 saturated heterocycles. The Balaban J connectivity index is 1.61. The molecular formula is C20H18F3N5O. The molecule has 0 radical (unpaired) electrons. The molecule has 1 unspecified atom stereocenters. The van der Waals surface area contributed by atoms with Crippen LogP contribution in [0.15, 0.2) is 30.7 Å². The first-order valence-corrected chi connectivity index (χ1v) is 9.63. The molecule has 1 amide bonds. The molecule has 6 nitrogen and oxygen atoms in total. The number of nitrogens with one attached hydrogen (secondary N) is 1. The van der Waals surface area contributed by atoms with Crippen LogP contribution in [0.4, 0.5) is 18.9 Å². The van der Waals surface area contributed by atoms with E-state index in [0.29, 0.717) is 22.4 Å². The highest BCUT2D eigenvalue weighted by Gasteiger charge is 2.38. The van der Waals surface area contributed by atoms with Crippen LogP contribution in [0.2, 0.25) is 0 Å². The van der Waals surface area contributed by atoms with Gasteiger partial charge in [-0.3, -0.25) is 9.48 Å². The number of alkyl halides is 3. The minimum absolute atomic E-state index is 0.271. The minimum Gasteiger partial charge on any atom is -0.325 e. The van der Waals surface area contributed by atoms with Crippen molar-refractivity contribution >= 4 is 22.6 Å². The monoisotopic (exact) mass is 401 g/mol. The summed E-state index contributed by atoms with van der Waals surface area (Å²) < 4.78 is 41.5. The van der Waals surface area contributed by atoms with Gasteiger partial charge in [0.05, 0.1) is 22.7 Å². The molecule has 150 valence electrons. The fourth-order valence-electron chi connectivity index (χ4n) is 4.35. The number of anilines is 1. The maximum Gasteiger partial charge on any atom is 0.416 e. The van der Waals surface area contributed by atoms with Crippen LogP contribution in [0, 0.1) is 0 Å². The van der Waals surface area contributed by atoms with Gasteiger partial charge in [0, 0.05) is 11.9 Å². The van der Waals surface area contributed by atoms with Gasteiger partial charge in [0.25, 0.3) is 0 Å². The molecule has 3 aromatic rings. The van der Waals surface area contributed by atoms with Gasteiger partial charge in [-0.2, -0.15) is 18.3 Å². The molecule has 0 spiro atoms. The van der Waals surface area contributed by atoms with E-state index >= 15 is 0 Å². The number of carbonyl (C=O) groups is 1. The number of carbonyl (C=O) groups excluding carboxylic acids is 1. The van der Waals surface area contributed by atoms with Crippen molar-refractivity contribution in [3.8, 4) is 0 Å². The van der Waals surface area contributed by atoms with E-state index in [1.54, 1.807) is 0 Å². The van der Waals surface area contributed by atoms with Crippen molar-refractivity contribution < 1.29 is 18.0 Å².